The van der Waals surface area contributed by atoms with Crippen molar-refractivity contribution in [2.75, 3.05) is 0 Å². The quantitative estimate of drug-likeness (QED) is 0.501. The van der Waals surface area contributed by atoms with Crippen LogP contribution in [0.3, 0.4) is 0 Å². The molecule has 0 aromatic heterocycles. The van der Waals surface area contributed by atoms with Crippen LogP contribution < -0.4 is 0 Å². The van der Waals surface area contributed by atoms with Gasteiger partial charge >= 0.3 is 7.60 Å². The number of rotatable bonds is 11. The maximum atomic E-state index is 10.9. The highest BCUT2D eigenvalue weighted by atomic mass is 31.2. The Hall–Kier alpha value is 0.110. The molecule has 4 nitrogen and oxygen atoms in total. The molecular formula is C15H33O4P. The Labute approximate surface area is 124 Å². The van der Waals surface area contributed by atoms with E-state index in [0.29, 0.717) is 5.92 Å². The third kappa shape index (κ3) is 10.8. The van der Waals surface area contributed by atoms with E-state index in [1.807, 2.05) is 6.92 Å². The summed E-state index contributed by atoms with van der Waals surface area (Å²) in [6.45, 7) is 8.72. The molecule has 0 aliphatic rings. The minimum atomic E-state index is -4.33. The van der Waals surface area contributed by atoms with Crippen molar-refractivity contribution in [2.24, 2.45) is 17.8 Å². The third-order valence-electron chi connectivity index (χ3n) is 3.87. The summed E-state index contributed by atoms with van der Waals surface area (Å²) in [5.41, 5.74) is 0. The molecule has 0 saturated heterocycles. The molecular weight excluding hydrogens is 275 g/mol. The highest BCUT2D eigenvalue weighted by Gasteiger charge is 2.27. The first-order valence-corrected chi connectivity index (χ1v) is 9.54. The lowest BCUT2D eigenvalue weighted by molar-refractivity contribution is 0.173. The van der Waals surface area contributed by atoms with Gasteiger partial charge in [-0.05, 0) is 24.2 Å². The van der Waals surface area contributed by atoms with E-state index in [1.165, 1.54) is 19.3 Å². The maximum Gasteiger partial charge on any atom is 0.353 e. The molecule has 0 radical (unpaired) electrons. The topological polar surface area (TPSA) is 77.8 Å². The van der Waals surface area contributed by atoms with Gasteiger partial charge in [0, 0.05) is 0 Å². The molecule has 0 aromatic carbocycles. The van der Waals surface area contributed by atoms with Gasteiger partial charge in [-0.15, -0.1) is 0 Å². The average molecular weight is 308 g/mol. The van der Waals surface area contributed by atoms with Gasteiger partial charge in [-0.2, -0.15) is 0 Å². The zero-order chi connectivity index (χ0) is 15.8. The summed E-state index contributed by atoms with van der Waals surface area (Å²) < 4.78 is 10.9. The van der Waals surface area contributed by atoms with Gasteiger partial charge in [0.1, 0.15) is 0 Å². The van der Waals surface area contributed by atoms with Gasteiger partial charge in [0.15, 0.2) is 5.85 Å². The van der Waals surface area contributed by atoms with Gasteiger partial charge in [0.2, 0.25) is 0 Å². The van der Waals surface area contributed by atoms with E-state index in [0.717, 1.165) is 25.2 Å². The zero-order valence-electron chi connectivity index (χ0n) is 13.5. The molecule has 0 rings (SSSR count). The molecule has 122 valence electrons. The van der Waals surface area contributed by atoms with Crippen LogP contribution in [0.1, 0.15) is 72.6 Å². The van der Waals surface area contributed by atoms with Crippen LogP contribution in [0, 0.1) is 17.8 Å². The molecule has 3 N–H and O–H groups in total. The Bertz CT molecular complexity index is 288. The summed E-state index contributed by atoms with van der Waals surface area (Å²) in [4.78, 5) is 17.7. The highest BCUT2D eigenvalue weighted by molar-refractivity contribution is 7.52. The second-order valence-corrected chi connectivity index (χ2v) is 8.55. The van der Waals surface area contributed by atoms with Crippen molar-refractivity contribution < 1.29 is 19.5 Å². The minimum Gasteiger partial charge on any atom is -0.380 e. The predicted octanol–water partition coefficient (Wildman–Crippen LogP) is 4.14. The van der Waals surface area contributed by atoms with Crippen LogP contribution in [0.4, 0.5) is 0 Å². The first kappa shape index (κ1) is 20.1. The molecule has 0 aliphatic carbocycles. The van der Waals surface area contributed by atoms with Crippen molar-refractivity contribution in [1.82, 2.24) is 0 Å². The van der Waals surface area contributed by atoms with E-state index in [4.69, 9.17) is 9.79 Å². The Balaban J connectivity index is 3.70. The van der Waals surface area contributed by atoms with E-state index in [1.54, 1.807) is 0 Å². The lowest BCUT2D eigenvalue weighted by Gasteiger charge is -2.18. The Morgan fingerprint density at radius 1 is 0.850 bits per heavy atom. The normalized spacial score (nSPS) is 17.2. The summed E-state index contributed by atoms with van der Waals surface area (Å²) in [5.74, 6) is 0.144. The van der Waals surface area contributed by atoms with Gasteiger partial charge < -0.3 is 14.9 Å². The molecule has 3 atom stereocenters. The monoisotopic (exact) mass is 308 g/mol. The molecule has 0 bridgehead atoms. The van der Waals surface area contributed by atoms with Crippen LogP contribution in [-0.4, -0.2) is 20.7 Å². The van der Waals surface area contributed by atoms with Crippen molar-refractivity contribution in [1.29, 1.82) is 0 Å². The smallest absolute Gasteiger partial charge is 0.353 e. The van der Waals surface area contributed by atoms with Crippen molar-refractivity contribution in [2.45, 2.75) is 78.5 Å². The maximum absolute atomic E-state index is 10.9. The fourth-order valence-electron chi connectivity index (χ4n) is 2.45. The molecule has 5 heteroatoms. The largest absolute Gasteiger partial charge is 0.380 e. The summed E-state index contributed by atoms with van der Waals surface area (Å²) in [5, 5.41) is 9.37. The fraction of sp³-hybridized carbons (Fsp3) is 1.00. The van der Waals surface area contributed by atoms with E-state index in [2.05, 4.69) is 20.8 Å². The third-order valence-corrected chi connectivity index (χ3v) is 4.86. The predicted molar refractivity (Wildman–Crippen MR) is 83.5 cm³/mol. The number of aliphatic hydroxyl groups is 1. The lowest BCUT2D eigenvalue weighted by Crippen LogP contribution is -2.12. The van der Waals surface area contributed by atoms with Crippen molar-refractivity contribution in [3.05, 3.63) is 0 Å². The van der Waals surface area contributed by atoms with Gasteiger partial charge in [0.25, 0.3) is 0 Å². The number of hydrogen-bond acceptors (Lipinski definition) is 2. The SMILES string of the molecule is CC(C)CCC[C@@H](C)CCC[C@@H](C)C[C@@H](O)P(=O)(O)O. The van der Waals surface area contributed by atoms with Crippen molar-refractivity contribution in [3.63, 3.8) is 0 Å². The molecule has 20 heavy (non-hydrogen) atoms. The van der Waals surface area contributed by atoms with E-state index in [-0.39, 0.29) is 12.3 Å². The minimum absolute atomic E-state index is 0.153. The summed E-state index contributed by atoms with van der Waals surface area (Å²) in [6.07, 6.45) is 7.17. The first-order valence-electron chi connectivity index (χ1n) is 7.86. The van der Waals surface area contributed by atoms with Gasteiger partial charge in [-0.25, -0.2) is 0 Å². The van der Waals surface area contributed by atoms with Crippen LogP contribution in [0.25, 0.3) is 0 Å². The molecule has 0 spiro atoms. The van der Waals surface area contributed by atoms with Crippen LogP contribution in [-0.2, 0) is 4.57 Å². The van der Waals surface area contributed by atoms with Gasteiger partial charge in [-0.1, -0.05) is 66.2 Å². The standard InChI is InChI=1S/C15H33O4P/c1-12(2)7-5-8-13(3)9-6-10-14(4)11-15(16)20(17,18)19/h12-16H,5-11H2,1-4H3,(H2,17,18,19)/t13-,14-,15+/m1/s1. The van der Waals surface area contributed by atoms with Crippen molar-refractivity contribution in [3.8, 4) is 0 Å². The second-order valence-electron chi connectivity index (χ2n) is 6.77. The van der Waals surface area contributed by atoms with Crippen LogP contribution in [0.5, 0.6) is 0 Å². The highest BCUT2D eigenvalue weighted by Crippen LogP contribution is 2.42. The Morgan fingerprint density at radius 3 is 1.75 bits per heavy atom. The average Bonchev–Trinajstić information content (AvgIpc) is 2.26. The van der Waals surface area contributed by atoms with Crippen molar-refractivity contribution >= 4 is 7.60 Å². The summed E-state index contributed by atoms with van der Waals surface area (Å²) in [7, 11) is -4.33. The van der Waals surface area contributed by atoms with Crippen LogP contribution in [0.2, 0.25) is 0 Å². The molecule has 0 aliphatic heterocycles. The number of hydrogen-bond donors (Lipinski definition) is 3. The lowest BCUT2D eigenvalue weighted by atomic mass is 9.93. The first-order chi connectivity index (χ1) is 9.12. The second kappa shape index (κ2) is 9.94. The fourth-order valence-corrected chi connectivity index (χ4v) is 3.08. The van der Waals surface area contributed by atoms with E-state index < -0.39 is 13.4 Å². The molecule has 0 unspecified atom stereocenters. The van der Waals surface area contributed by atoms with Crippen LogP contribution in [0.15, 0.2) is 0 Å². The molecule has 0 fully saturated rings. The summed E-state index contributed by atoms with van der Waals surface area (Å²) in [6, 6.07) is 0. The molecule has 0 aromatic rings. The summed E-state index contributed by atoms with van der Waals surface area (Å²) >= 11 is 0. The molecule has 0 saturated carbocycles. The Morgan fingerprint density at radius 2 is 1.30 bits per heavy atom. The van der Waals surface area contributed by atoms with E-state index >= 15 is 0 Å². The van der Waals surface area contributed by atoms with Gasteiger partial charge in [0.05, 0.1) is 0 Å². The zero-order valence-corrected chi connectivity index (χ0v) is 14.4. The van der Waals surface area contributed by atoms with E-state index in [9.17, 15) is 9.67 Å². The van der Waals surface area contributed by atoms with Crippen LogP contribution >= 0.6 is 7.60 Å². The molecule has 0 amide bonds. The number of aliphatic hydroxyl groups excluding tert-OH is 1. The Kier molecular flexibility index (Phi) is 10.00. The molecule has 0 heterocycles. The van der Waals surface area contributed by atoms with Gasteiger partial charge in [-0.3, -0.25) is 4.57 Å².